The van der Waals surface area contributed by atoms with Crippen LogP contribution in [-0.4, -0.2) is 64.9 Å². The van der Waals surface area contributed by atoms with Gasteiger partial charge in [0.05, 0.1) is 25.3 Å². The number of carbonyl (C=O) groups is 2. The molecule has 2 aromatic heterocycles. The minimum absolute atomic E-state index is 0.0314. The van der Waals surface area contributed by atoms with Gasteiger partial charge in [-0.1, -0.05) is 6.07 Å². The zero-order chi connectivity index (χ0) is 24.2. The summed E-state index contributed by atoms with van der Waals surface area (Å²) in [5.74, 6) is -0.223. The molecule has 8 nitrogen and oxygen atoms in total. The van der Waals surface area contributed by atoms with E-state index in [9.17, 15) is 18.0 Å². The third kappa shape index (κ3) is 5.84. The van der Waals surface area contributed by atoms with E-state index < -0.39 is 12.1 Å². The molecular weight excluding hydrogens is 445 g/mol. The molecule has 1 amide bonds. The molecule has 1 atom stereocenters. The van der Waals surface area contributed by atoms with Crippen LogP contribution in [0.5, 0.6) is 5.88 Å². The Hall–Kier alpha value is -3.08. The first kappa shape index (κ1) is 24.6. The highest BCUT2D eigenvalue weighted by molar-refractivity contribution is 5.96. The van der Waals surface area contributed by atoms with Gasteiger partial charge in [0.15, 0.2) is 0 Å². The SMILES string of the molecule is Cc1cc(C(=O)N2CC3(C2)OCCC3CCOc2ccccn2)c(C)o1.O=C(O)C(F)(F)F. The number of aromatic nitrogens is 1. The van der Waals surface area contributed by atoms with Crippen LogP contribution in [0, 0.1) is 19.8 Å². The molecule has 2 aliphatic heterocycles. The minimum Gasteiger partial charge on any atom is -0.478 e. The molecule has 2 saturated heterocycles. The van der Waals surface area contributed by atoms with E-state index in [1.54, 1.807) is 6.20 Å². The molecule has 0 radical (unpaired) electrons. The van der Waals surface area contributed by atoms with E-state index in [1.165, 1.54) is 0 Å². The number of furan rings is 1. The van der Waals surface area contributed by atoms with Crippen molar-refractivity contribution in [2.24, 2.45) is 5.92 Å². The fourth-order valence-corrected chi connectivity index (χ4v) is 4.04. The summed E-state index contributed by atoms with van der Waals surface area (Å²) in [6, 6.07) is 7.46. The summed E-state index contributed by atoms with van der Waals surface area (Å²) in [6.45, 7) is 6.34. The number of alkyl halides is 3. The second-order valence-electron chi connectivity index (χ2n) is 7.99. The normalized spacial score (nSPS) is 18.9. The number of hydrogen-bond donors (Lipinski definition) is 1. The van der Waals surface area contributed by atoms with Crippen LogP contribution in [-0.2, 0) is 9.53 Å². The number of aliphatic carboxylic acids is 1. The van der Waals surface area contributed by atoms with Crippen molar-refractivity contribution in [1.29, 1.82) is 0 Å². The lowest BCUT2D eigenvalue weighted by Crippen LogP contribution is -2.66. The van der Waals surface area contributed by atoms with E-state index in [2.05, 4.69) is 4.98 Å². The van der Waals surface area contributed by atoms with Crippen molar-refractivity contribution in [3.05, 3.63) is 47.5 Å². The number of carboxylic acid groups (broad SMARTS) is 1. The molecule has 4 heterocycles. The number of pyridine rings is 1. The lowest BCUT2D eigenvalue weighted by Gasteiger charge is -2.50. The van der Waals surface area contributed by atoms with Gasteiger partial charge in [0.25, 0.3) is 5.91 Å². The maximum atomic E-state index is 12.7. The Balaban J connectivity index is 0.000000383. The topological polar surface area (TPSA) is 102 Å². The first-order chi connectivity index (χ1) is 15.5. The predicted octanol–water partition coefficient (Wildman–Crippen LogP) is 3.62. The fraction of sp³-hybridized carbons (Fsp3) is 0.500. The number of hydrogen-bond acceptors (Lipinski definition) is 6. The lowest BCUT2D eigenvalue weighted by atomic mass is 9.79. The van der Waals surface area contributed by atoms with Gasteiger partial charge < -0.3 is 23.9 Å². The van der Waals surface area contributed by atoms with Crippen LogP contribution in [0.2, 0.25) is 0 Å². The molecule has 11 heteroatoms. The van der Waals surface area contributed by atoms with Crippen LogP contribution < -0.4 is 4.74 Å². The monoisotopic (exact) mass is 470 g/mol. The Labute approximate surface area is 188 Å². The highest BCUT2D eigenvalue weighted by Crippen LogP contribution is 2.42. The van der Waals surface area contributed by atoms with E-state index in [1.807, 2.05) is 43.0 Å². The highest BCUT2D eigenvalue weighted by atomic mass is 19.4. The Morgan fingerprint density at radius 1 is 1.30 bits per heavy atom. The number of halogens is 3. The molecule has 0 aliphatic carbocycles. The smallest absolute Gasteiger partial charge is 0.478 e. The molecule has 1 spiro atoms. The van der Waals surface area contributed by atoms with Gasteiger partial charge in [0, 0.05) is 18.9 Å². The average Bonchev–Trinajstić information content (AvgIpc) is 3.29. The Morgan fingerprint density at radius 2 is 2.00 bits per heavy atom. The van der Waals surface area contributed by atoms with Crippen molar-refractivity contribution in [3.8, 4) is 5.88 Å². The molecule has 1 N–H and O–H groups in total. The molecule has 2 aliphatic rings. The third-order valence-electron chi connectivity index (χ3n) is 5.67. The number of nitrogens with zero attached hydrogens (tertiary/aromatic N) is 2. The van der Waals surface area contributed by atoms with Gasteiger partial charge in [0.2, 0.25) is 5.88 Å². The van der Waals surface area contributed by atoms with Crippen molar-refractivity contribution in [3.63, 3.8) is 0 Å². The third-order valence-corrected chi connectivity index (χ3v) is 5.67. The van der Waals surface area contributed by atoms with E-state index in [-0.39, 0.29) is 11.5 Å². The van der Waals surface area contributed by atoms with Crippen molar-refractivity contribution in [2.45, 2.75) is 38.5 Å². The van der Waals surface area contributed by atoms with Gasteiger partial charge in [-0.2, -0.15) is 13.2 Å². The molecule has 0 aromatic carbocycles. The van der Waals surface area contributed by atoms with Crippen LogP contribution in [0.4, 0.5) is 13.2 Å². The first-order valence-electron chi connectivity index (χ1n) is 10.4. The Morgan fingerprint density at radius 3 is 2.55 bits per heavy atom. The summed E-state index contributed by atoms with van der Waals surface area (Å²) < 4.78 is 49.0. The molecule has 0 bridgehead atoms. The summed E-state index contributed by atoms with van der Waals surface area (Å²) in [4.78, 5) is 27.6. The van der Waals surface area contributed by atoms with Gasteiger partial charge in [0.1, 0.15) is 17.1 Å². The maximum absolute atomic E-state index is 12.7. The number of aryl methyl sites for hydroxylation is 2. The zero-order valence-electron chi connectivity index (χ0n) is 18.2. The number of carboxylic acids is 1. The summed E-state index contributed by atoms with van der Waals surface area (Å²) in [6.07, 6.45) is -1.44. The first-order valence-corrected chi connectivity index (χ1v) is 10.4. The molecule has 2 aromatic rings. The van der Waals surface area contributed by atoms with Gasteiger partial charge in [-0.25, -0.2) is 9.78 Å². The molecule has 33 heavy (non-hydrogen) atoms. The standard InChI is InChI=1S/C20H24N2O4.C2HF3O2/c1-14-11-17(15(2)26-14)19(23)22-12-20(13-22)16(7-10-25-20)6-9-24-18-5-3-4-8-21-18;3-2(4,5)1(6)7/h3-5,8,11,16H,6-7,9-10,12-13H2,1-2H3;(H,6,7). The molecule has 0 saturated carbocycles. The van der Waals surface area contributed by atoms with Crippen LogP contribution in [0.1, 0.15) is 34.7 Å². The summed E-state index contributed by atoms with van der Waals surface area (Å²) in [5, 5.41) is 7.12. The van der Waals surface area contributed by atoms with Crippen LogP contribution >= 0.6 is 0 Å². The quantitative estimate of drug-likeness (QED) is 0.712. The molecule has 4 rings (SSSR count). The number of rotatable bonds is 5. The highest BCUT2D eigenvalue weighted by Gasteiger charge is 2.54. The van der Waals surface area contributed by atoms with Gasteiger partial charge in [-0.05, 0) is 44.7 Å². The number of carbonyl (C=O) groups excluding carboxylic acids is 1. The molecule has 2 fully saturated rings. The second-order valence-corrected chi connectivity index (χ2v) is 7.99. The van der Waals surface area contributed by atoms with Crippen molar-refractivity contribution < 1.29 is 41.8 Å². The zero-order valence-corrected chi connectivity index (χ0v) is 18.2. The predicted molar refractivity (Wildman–Crippen MR) is 109 cm³/mol. The summed E-state index contributed by atoms with van der Waals surface area (Å²) in [7, 11) is 0. The van der Waals surface area contributed by atoms with E-state index in [4.69, 9.17) is 23.8 Å². The van der Waals surface area contributed by atoms with Crippen LogP contribution in [0.25, 0.3) is 0 Å². The maximum Gasteiger partial charge on any atom is 0.490 e. The average molecular weight is 470 g/mol. The number of likely N-dealkylation sites (tertiary alicyclic amines) is 1. The van der Waals surface area contributed by atoms with Gasteiger partial charge in [-0.3, -0.25) is 4.79 Å². The van der Waals surface area contributed by atoms with Crippen LogP contribution in [0.15, 0.2) is 34.9 Å². The fourth-order valence-electron chi connectivity index (χ4n) is 4.04. The Kier molecular flexibility index (Phi) is 7.31. The summed E-state index contributed by atoms with van der Waals surface area (Å²) in [5.41, 5.74) is 0.445. The molecular formula is C22H25F3N2O6. The van der Waals surface area contributed by atoms with E-state index in [0.29, 0.717) is 42.8 Å². The van der Waals surface area contributed by atoms with Crippen molar-refractivity contribution >= 4 is 11.9 Å². The number of amides is 1. The molecule has 180 valence electrons. The Bertz CT molecular complexity index is 970. The lowest BCUT2D eigenvalue weighted by molar-refractivity contribution is -0.192. The molecule has 1 unspecified atom stereocenters. The van der Waals surface area contributed by atoms with Crippen LogP contribution in [0.3, 0.4) is 0 Å². The minimum atomic E-state index is -5.08. The number of ether oxygens (including phenoxy) is 2. The van der Waals surface area contributed by atoms with E-state index >= 15 is 0 Å². The largest absolute Gasteiger partial charge is 0.490 e. The van der Waals surface area contributed by atoms with Gasteiger partial charge in [-0.15, -0.1) is 0 Å². The van der Waals surface area contributed by atoms with Gasteiger partial charge >= 0.3 is 12.1 Å². The summed E-state index contributed by atoms with van der Waals surface area (Å²) >= 11 is 0. The van der Waals surface area contributed by atoms with E-state index in [0.717, 1.165) is 25.2 Å². The van der Waals surface area contributed by atoms with Crippen molar-refractivity contribution in [1.82, 2.24) is 9.88 Å². The second kappa shape index (κ2) is 9.82. The van der Waals surface area contributed by atoms with Crippen molar-refractivity contribution in [2.75, 3.05) is 26.3 Å².